The van der Waals surface area contributed by atoms with E-state index in [0.29, 0.717) is 17.6 Å². The zero-order valence-electron chi connectivity index (χ0n) is 15.6. The Bertz CT molecular complexity index is 558. The molecule has 2 nitrogen and oxygen atoms in total. The quantitative estimate of drug-likeness (QED) is 0.359. The third-order valence-electron chi connectivity index (χ3n) is 6.27. The second-order valence-electron chi connectivity index (χ2n) is 8.19. The summed E-state index contributed by atoms with van der Waals surface area (Å²) >= 11 is 0. The van der Waals surface area contributed by atoms with Crippen LogP contribution in [-0.2, 0) is 4.79 Å². The van der Waals surface area contributed by atoms with Crippen LogP contribution in [0, 0.1) is 17.8 Å². The molecular weight excluding hydrogens is 308 g/mol. The van der Waals surface area contributed by atoms with Crippen LogP contribution in [0.1, 0.15) is 76.2 Å². The first kappa shape index (κ1) is 18.2. The molecule has 0 atom stereocenters. The standard InChI is InChI=1S/C23H32O2/c1-3-4-18-7-11-21(12-8-18)23(24)25-22-15-13-20(14-16-22)19-9-5-17(2)6-10-19/h3,13-19,21H,1,4-12H2,2H3. The summed E-state index contributed by atoms with van der Waals surface area (Å²) in [5.74, 6) is 2.99. The van der Waals surface area contributed by atoms with E-state index in [9.17, 15) is 4.79 Å². The summed E-state index contributed by atoms with van der Waals surface area (Å²) in [5, 5.41) is 0. The Kier molecular flexibility index (Phi) is 6.34. The normalized spacial score (nSPS) is 29.8. The summed E-state index contributed by atoms with van der Waals surface area (Å²) in [4.78, 5) is 12.4. The molecule has 0 radical (unpaired) electrons. The highest BCUT2D eigenvalue weighted by Crippen LogP contribution is 2.36. The highest BCUT2D eigenvalue weighted by Gasteiger charge is 2.27. The van der Waals surface area contributed by atoms with Gasteiger partial charge < -0.3 is 4.74 Å². The number of ether oxygens (including phenoxy) is 1. The van der Waals surface area contributed by atoms with Crippen LogP contribution in [0.5, 0.6) is 5.75 Å². The van der Waals surface area contributed by atoms with E-state index in [0.717, 1.165) is 38.0 Å². The molecule has 0 amide bonds. The van der Waals surface area contributed by atoms with Gasteiger partial charge in [-0.1, -0.05) is 38.0 Å². The van der Waals surface area contributed by atoms with Crippen molar-refractivity contribution in [1.82, 2.24) is 0 Å². The number of benzene rings is 1. The van der Waals surface area contributed by atoms with Crippen molar-refractivity contribution >= 4 is 5.97 Å². The molecule has 0 unspecified atom stereocenters. The minimum Gasteiger partial charge on any atom is -0.426 e. The van der Waals surface area contributed by atoms with Crippen LogP contribution in [0.2, 0.25) is 0 Å². The molecule has 0 saturated heterocycles. The summed E-state index contributed by atoms with van der Waals surface area (Å²) in [6, 6.07) is 8.28. The number of rotatable bonds is 5. The highest BCUT2D eigenvalue weighted by molar-refractivity contribution is 5.75. The third kappa shape index (κ3) is 4.96. The highest BCUT2D eigenvalue weighted by atomic mass is 16.5. The minimum atomic E-state index is -0.0451. The molecule has 0 aromatic heterocycles. The SMILES string of the molecule is C=CCC1CCC(C(=O)Oc2ccc(C3CCC(C)CC3)cc2)CC1. The van der Waals surface area contributed by atoms with Gasteiger partial charge in [0.25, 0.3) is 0 Å². The number of esters is 1. The number of carbonyl (C=O) groups is 1. The van der Waals surface area contributed by atoms with Crippen molar-refractivity contribution in [2.45, 2.75) is 70.6 Å². The van der Waals surface area contributed by atoms with Gasteiger partial charge in [-0.15, -0.1) is 6.58 Å². The molecule has 0 aliphatic heterocycles. The maximum Gasteiger partial charge on any atom is 0.314 e. The first-order valence-electron chi connectivity index (χ1n) is 10.1. The number of allylic oxidation sites excluding steroid dienone is 1. The topological polar surface area (TPSA) is 26.3 Å². The van der Waals surface area contributed by atoms with Gasteiger partial charge in [-0.05, 0) is 80.4 Å². The van der Waals surface area contributed by atoms with Crippen molar-refractivity contribution in [3.63, 3.8) is 0 Å². The molecule has 2 heteroatoms. The Morgan fingerprint density at radius 2 is 1.68 bits per heavy atom. The van der Waals surface area contributed by atoms with Gasteiger partial charge in [-0.2, -0.15) is 0 Å². The van der Waals surface area contributed by atoms with Crippen molar-refractivity contribution in [3.8, 4) is 5.75 Å². The van der Waals surface area contributed by atoms with Gasteiger partial charge in [-0.25, -0.2) is 0 Å². The van der Waals surface area contributed by atoms with Crippen molar-refractivity contribution in [2.24, 2.45) is 17.8 Å². The summed E-state index contributed by atoms with van der Waals surface area (Å²) in [6.07, 6.45) is 12.4. The average molecular weight is 341 g/mol. The van der Waals surface area contributed by atoms with E-state index in [1.807, 2.05) is 18.2 Å². The zero-order valence-corrected chi connectivity index (χ0v) is 15.6. The van der Waals surface area contributed by atoms with Crippen molar-refractivity contribution < 1.29 is 9.53 Å². The lowest BCUT2D eigenvalue weighted by Gasteiger charge is -2.27. The molecule has 0 spiro atoms. The minimum absolute atomic E-state index is 0.0451. The van der Waals surface area contributed by atoms with Gasteiger partial charge >= 0.3 is 5.97 Å². The van der Waals surface area contributed by atoms with Crippen LogP contribution in [0.15, 0.2) is 36.9 Å². The molecule has 25 heavy (non-hydrogen) atoms. The van der Waals surface area contributed by atoms with Crippen molar-refractivity contribution in [1.29, 1.82) is 0 Å². The molecule has 2 fully saturated rings. The molecule has 136 valence electrons. The fourth-order valence-electron chi connectivity index (χ4n) is 4.47. The van der Waals surface area contributed by atoms with E-state index in [1.54, 1.807) is 0 Å². The summed E-state index contributed by atoms with van der Waals surface area (Å²) in [5.41, 5.74) is 1.40. The van der Waals surface area contributed by atoms with Crippen molar-refractivity contribution in [3.05, 3.63) is 42.5 Å². The Hall–Kier alpha value is -1.57. The Morgan fingerprint density at radius 3 is 2.28 bits per heavy atom. The van der Waals surface area contributed by atoms with Gasteiger partial charge in [0.1, 0.15) is 5.75 Å². The summed E-state index contributed by atoms with van der Waals surface area (Å²) in [7, 11) is 0. The Labute approximate surface area is 152 Å². The second kappa shape index (κ2) is 8.69. The van der Waals surface area contributed by atoms with Crippen molar-refractivity contribution in [2.75, 3.05) is 0 Å². The molecule has 0 heterocycles. The van der Waals surface area contributed by atoms with E-state index in [4.69, 9.17) is 4.74 Å². The smallest absolute Gasteiger partial charge is 0.314 e. The lowest BCUT2D eigenvalue weighted by molar-refractivity contribution is -0.140. The average Bonchev–Trinajstić information content (AvgIpc) is 2.64. The van der Waals surface area contributed by atoms with E-state index in [2.05, 4.69) is 25.6 Å². The number of hydrogen-bond acceptors (Lipinski definition) is 2. The molecule has 2 aliphatic carbocycles. The van der Waals surface area contributed by atoms with Crippen LogP contribution < -0.4 is 4.74 Å². The van der Waals surface area contributed by atoms with Gasteiger partial charge in [0.2, 0.25) is 0 Å². The summed E-state index contributed by atoms with van der Waals surface area (Å²) in [6.45, 7) is 6.17. The molecule has 1 aromatic carbocycles. The lowest BCUT2D eigenvalue weighted by Crippen LogP contribution is -2.25. The van der Waals surface area contributed by atoms with Crippen LogP contribution in [-0.4, -0.2) is 5.97 Å². The number of hydrogen-bond donors (Lipinski definition) is 0. The monoisotopic (exact) mass is 340 g/mol. The largest absolute Gasteiger partial charge is 0.426 e. The van der Waals surface area contributed by atoms with Gasteiger partial charge in [0.05, 0.1) is 5.92 Å². The molecular formula is C23H32O2. The van der Waals surface area contributed by atoms with Crippen LogP contribution in [0.3, 0.4) is 0 Å². The Balaban J connectivity index is 1.49. The van der Waals surface area contributed by atoms with Gasteiger partial charge in [-0.3, -0.25) is 4.79 Å². The van der Waals surface area contributed by atoms with E-state index in [-0.39, 0.29) is 11.9 Å². The maximum absolute atomic E-state index is 12.4. The van der Waals surface area contributed by atoms with Crippen LogP contribution >= 0.6 is 0 Å². The fourth-order valence-corrected chi connectivity index (χ4v) is 4.47. The third-order valence-corrected chi connectivity index (χ3v) is 6.27. The maximum atomic E-state index is 12.4. The van der Waals surface area contributed by atoms with Gasteiger partial charge in [0, 0.05) is 0 Å². The van der Waals surface area contributed by atoms with Crippen LogP contribution in [0.25, 0.3) is 0 Å². The molecule has 2 saturated carbocycles. The summed E-state index contributed by atoms with van der Waals surface area (Å²) < 4.78 is 5.65. The lowest BCUT2D eigenvalue weighted by atomic mass is 9.79. The molecule has 0 bridgehead atoms. The predicted octanol–water partition coefficient (Wildman–Crippen LogP) is 6.27. The first-order chi connectivity index (χ1) is 12.2. The predicted molar refractivity (Wildman–Crippen MR) is 103 cm³/mol. The molecule has 2 aliphatic rings. The zero-order chi connectivity index (χ0) is 17.6. The van der Waals surface area contributed by atoms with E-state index >= 15 is 0 Å². The first-order valence-corrected chi connectivity index (χ1v) is 10.1. The molecule has 1 aromatic rings. The van der Waals surface area contributed by atoms with Crippen LogP contribution in [0.4, 0.5) is 0 Å². The number of carbonyl (C=O) groups excluding carboxylic acids is 1. The molecule has 3 rings (SSSR count). The van der Waals surface area contributed by atoms with E-state index in [1.165, 1.54) is 31.2 Å². The molecule has 0 N–H and O–H groups in total. The van der Waals surface area contributed by atoms with Gasteiger partial charge in [0.15, 0.2) is 0 Å². The Morgan fingerprint density at radius 1 is 1.04 bits per heavy atom. The van der Waals surface area contributed by atoms with E-state index < -0.39 is 0 Å². The fraction of sp³-hybridized carbons (Fsp3) is 0.609. The second-order valence-corrected chi connectivity index (χ2v) is 8.19.